The molecule has 1 aromatic carbocycles. The van der Waals surface area contributed by atoms with Crippen LogP contribution < -0.4 is 5.32 Å². The summed E-state index contributed by atoms with van der Waals surface area (Å²) in [6, 6.07) is 7.67. The van der Waals surface area contributed by atoms with Crippen molar-refractivity contribution in [2.75, 3.05) is 46.3 Å². The van der Waals surface area contributed by atoms with Crippen molar-refractivity contribution in [3.63, 3.8) is 0 Å². The van der Waals surface area contributed by atoms with Crippen molar-refractivity contribution in [3.8, 4) is 0 Å². The molecule has 5 nitrogen and oxygen atoms in total. The fraction of sp³-hybridized carbons (Fsp3) is 0.769. The summed E-state index contributed by atoms with van der Waals surface area (Å²) in [5, 5.41) is 13.7. The number of piperazine rings is 1. The minimum absolute atomic E-state index is 0.0801. The number of carbonyl (C=O) groups is 1. The first-order chi connectivity index (χ1) is 21.0. The van der Waals surface area contributed by atoms with E-state index in [0.717, 1.165) is 30.1 Å². The Labute approximate surface area is 267 Å². The third-order valence-corrected chi connectivity index (χ3v) is 15.0. The summed E-state index contributed by atoms with van der Waals surface area (Å²) >= 11 is 0. The molecular formula is C39H59N3O2. The van der Waals surface area contributed by atoms with Gasteiger partial charge in [0.05, 0.1) is 5.56 Å². The number of hydrogen-bond acceptors (Lipinski definition) is 4. The van der Waals surface area contributed by atoms with Crippen LogP contribution in [0.25, 0.3) is 5.57 Å². The molecule has 5 heteroatoms. The zero-order valence-electron chi connectivity index (χ0n) is 28.3. The Morgan fingerprint density at radius 1 is 0.864 bits per heavy atom. The fourth-order valence-electron chi connectivity index (χ4n) is 12.9. The number of benzene rings is 1. The third kappa shape index (κ3) is 4.85. The van der Waals surface area contributed by atoms with Gasteiger partial charge in [0.2, 0.25) is 0 Å². The molecule has 4 saturated carbocycles. The first-order valence-electron chi connectivity index (χ1n) is 18.2. The normalized spacial score (nSPS) is 42.0. The van der Waals surface area contributed by atoms with Gasteiger partial charge in [0, 0.05) is 44.8 Å². The Balaban J connectivity index is 1.08. The van der Waals surface area contributed by atoms with Gasteiger partial charge in [0.1, 0.15) is 0 Å². The Kier molecular flexibility index (Phi) is 7.90. The van der Waals surface area contributed by atoms with Gasteiger partial charge in [-0.3, -0.25) is 4.90 Å². The molecular weight excluding hydrogens is 542 g/mol. The van der Waals surface area contributed by atoms with E-state index in [1.165, 1.54) is 108 Å². The van der Waals surface area contributed by atoms with Crippen molar-refractivity contribution in [2.45, 2.75) is 97.4 Å². The van der Waals surface area contributed by atoms with Crippen molar-refractivity contribution in [1.29, 1.82) is 0 Å². The Morgan fingerprint density at radius 2 is 1.61 bits per heavy atom. The predicted molar refractivity (Wildman–Crippen MR) is 180 cm³/mol. The van der Waals surface area contributed by atoms with Crippen molar-refractivity contribution in [1.82, 2.24) is 15.1 Å². The molecule has 1 saturated heterocycles. The van der Waals surface area contributed by atoms with Crippen LogP contribution in [0.4, 0.5) is 0 Å². The first kappa shape index (κ1) is 30.9. The van der Waals surface area contributed by atoms with Gasteiger partial charge >= 0.3 is 5.97 Å². The van der Waals surface area contributed by atoms with Gasteiger partial charge in [0.15, 0.2) is 0 Å². The summed E-state index contributed by atoms with van der Waals surface area (Å²) in [5.41, 5.74) is 4.29. The first-order valence-corrected chi connectivity index (χ1v) is 18.2. The number of aromatic carboxylic acids is 1. The molecule has 242 valence electrons. The Bertz CT molecular complexity index is 1260. The van der Waals surface area contributed by atoms with Crippen LogP contribution in [0.2, 0.25) is 0 Å². The average Bonchev–Trinajstić information content (AvgIpc) is 3.42. The number of fused-ring (bicyclic) bond motifs is 7. The van der Waals surface area contributed by atoms with E-state index in [0.29, 0.717) is 27.9 Å². The number of carboxylic acid groups (broad SMARTS) is 1. The van der Waals surface area contributed by atoms with Gasteiger partial charge in [0.25, 0.3) is 0 Å². The van der Waals surface area contributed by atoms with E-state index >= 15 is 0 Å². The minimum atomic E-state index is -0.845. The Morgan fingerprint density at radius 3 is 2.34 bits per heavy atom. The van der Waals surface area contributed by atoms with Gasteiger partial charge < -0.3 is 15.3 Å². The molecule has 44 heavy (non-hydrogen) atoms. The standard InChI is InChI=1S/C39H59N3O2/c1-36(2)30(27-8-10-28(11-9-27)35(43)44)14-18-38(4)33(36)16-19-37(3)31-15-20-39(40-21-22-42-25-23-41(5)24-26-42)17-6-7-32(39)29(31)12-13-34(37)38/h8-11,14,29,31-34,40H,6-7,12-13,15-26H2,1-5H3,(H,43,44)/t29-,31?,32?,33?,34?,37-,38-,39-/m0/s1. The molecule has 0 aromatic heterocycles. The van der Waals surface area contributed by atoms with Crippen molar-refractivity contribution < 1.29 is 9.90 Å². The summed E-state index contributed by atoms with van der Waals surface area (Å²) in [6.07, 6.45) is 16.4. The molecule has 0 bridgehead atoms. The van der Waals surface area contributed by atoms with Gasteiger partial charge in [-0.2, -0.15) is 0 Å². The molecule has 4 unspecified atom stereocenters. The van der Waals surface area contributed by atoms with Crippen molar-refractivity contribution in [3.05, 3.63) is 41.5 Å². The van der Waals surface area contributed by atoms with E-state index in [1.807, 2.05) is 12.1 Å². The molecule has 5 fully saturated rings. The maximum Gasteiger partial charge on any atom is 0.335 e. The number of rotatable bonds is 6. The van der Waals surface area contributed by atoms with Crippen LogP contribution in [0.3, 0.4) is 0 Å². The SMILES string of the molecule is CN1CCN(CCN[C@]23CCCC2[C@H]2CCC4[C@@](C)(CCC5C(C)(C)C(c6ccc(C(=O)O)cc6)=CC[C@@]54C)C2CC3)CC1. The molecule has 7 rings (SSSR count). The highest BCUT2D eigenvalue weighted by Gasteiger charge is 2.65. The fourth-order valence-corrected chi connectivity index (χ4v) is 12.9. The zero-order valence-corrected chi connectivity index (χ0v) is 28.3. The maximum absolute atomic E-state index is 11.5. The molecule has 1 heterocycles. The lowest BCUT2D eigenvalue weighted by molar-refractivity contribution is -0.172. The predicted octanol–water partition coefficient (Wildman–Crippen LogP) is 7.43. The minimum Gasteiger partial charge on any atom is -0.478 e. The van der Waals surface area contributed by atoms with Gasteiger partial charge in [-0.25, -0.2) is 4.79 Å². The second kappa shape index (κ2) is 11.2. The monoisotopic (exact) mass is 601 g/mol. The summed E-state index contributed by atoms with van der Waals surface area (Å²) in [5.74, 6) is 3.27. The number of hydrogen-bond donors (Lipinski definition) is 2. The van der Waals surface area contributed by atoms with Crippen LogP contribution in [-0.2, 0) is 0 Å². The van der Waals surface area contributed by atoms with E-state index < -0.39 is 5.97 Å². The van der Waals surface area contributed by atoms with Crippen LogP contribution in [0, 0.1) is 45.8 Å². The van der Waals surface area contributed by atoms with E-state index in [4.69, 9.17) is 0 Å². The topological polar surface area (TPSA) is 55.8 Å². The van der Waals surface area contributed by atoms with Crippen LogP contribution in [-0.4, -0.2) is 72.7 Å². The lowest BCUT2D eigenvalue weighted by Crippen LogP contribution is -2.63. The quantitative estimate of drug-likeness (QED) is 0.355. The number of nitrogens with zero attached hydrogens (tertiary/aromatic N) is 2. The molecule has 8 atom stereocenters. The smallest absolute Gasteiger partial charge is 0.335 e. The maximum atomic E-state index is 11.5. The van der Waals surface area contributed by atoms with Gasteiger partial charge in [-0.05, 0) is 134 Å². The van der Waals surface area contributed by atoms with Crippen LogP contribution >= 0.6 is 0 Å². The van der Waals surface area contributed by atoms with Crippen molar-refractivity contribution in [2.24, 2.45) is 45.8 Å². The summed E-state index contributed by atoms with van der Waals surface area (Å²) in [4.78, 5) is 16.6. The number of carboxylic acids is 1. The molecule has 0 amide bonds. The lowest BCUT2D eigenvalue weighted by Gasteiger charge is -2.68. The van der Waals surface area contributed by atoms with E-state index in [1.54, 1.807) is 12.1 Å². The lowest BCUT2D eigenvalue weighted by atomic mass is 9.37. The molecule has 0 radical (unpaired) electrons. The van der Waals surface area contributed by atoms with Gasteiger partial charge in [-0.15, -0.1) is 0 Å². The largest absolute Gasteiger partial charge is 0.478 e. The second-order valence-electron chi connectivity index (χ2n) is 17.2. The van der Waals surface area contributed by atoms with E-state index in [9.17, 15) is 9.90 Å². The molecule has 2 N–H and O–H groups in total. The summed E-state index contributed by atoms with van der Waals surface area (Å²) in [7, 11) is 2.26. The van der Waals surface area contributed by atoms with E-state index in [-0.39, 0.29) is 5.41 Å². The molecule has 5 aliphatic carbocycles. The third-order valence-electron chi connectivity index (χ3n) is 15.0. The van der Waals surface area contributed by atoms with E-state index in [2.05, 4.69) is 55.9 Å². The molecule has 1 aromatic rings. The van der Waals surface area contributed by atoms with Crippen LogP contribution in [0.5, 0.6) is 0 Å². The van der Waals surface area contributed by atoms with Crippen LogP contribution in [0.1, 0.15) is 108 Å². The number of nitrogens with one attached hydrogen (secondary N) is 1. The number of likely N-dealkylation sites (N-methyl/N-ethyl adjacent to an activating group) is 1. The second-order valence-corrected chi connectivity index (χ2v) is 17.2. The molecule has 6 aliphatic rings. The Hall–Kier alpha value is -1.69. The summed E-state index contributed by atoms with van der Waals surface area (Å²) in [6.45, 7) is 17.7. The highest BCUT2D eigenvalue weighted by molar-refractivity contribution is 5.88. The highest BCUT2D eigenvalue weighted by Crippen LogP contribution is 2.72. The van der Waals surface area contributed by atoms with Crippen molar-refractivity contribution >= 4 is 11.5 Å². The molecule has 0 spiro atoms. The average molecular weight is 602 g/mol. The molecule has 1 aliphatic heterocycles. The number of allylic oxidation sites excluding steroid dienone is 2. The van der Waals surface area contributed by atoms with Crippen LogP contribution in [0.15, 0.2) is 30.3 Å². The van der Waals surface area contributed by atoms with Gasteiger partial charge in [-0.1, -0.05) is 52.3 Å². The summed E-state index contributed by atoms with van der Waals surface area (Å²) < 4.78 is 0. The zero-order chi connectivity index (χ0) is 30.9. The highest BCUT2D eigenvalue weighted by atomic mass is 16.4.